The molecule has 0 aliphatic rings. The summed E-state index contributed by atoms with van der Waals surface area (Å²) in [4.78, 5) is 15.5. The van der Waals surface area contributed by atoms with Gasteiger partial charge in [0.1, 0.15) is 12.2 Å². The molecule has 2 aromatic heterocycles. The quantitative estimate of drug-likeness (QED) is 0.768. The Morgan fingerprint density at radius 3 is 2.90 bits per heavy atom. The van der Waals surface area contributed by atoms with Gasteiger partial charge in [-0.2, -0.15) is 0 Å². The van der Waals surface area contributed by atoms with Gasteiger partial charge in [0.15, 0.2) is 0 Å². The van der Waals surface area contributed by atoms with Crippen LogP contribution in [-0.4, -0.2) is 35.4 Å². The maximum atomic E-state index is 11.3. The summed E-state index contributed by atoms with van der Waals surface area (Å²) in [5.74, 6) is -0.101. The maximum absolute atomic E-state index is 11.3. The van der Waals surface area contributed by atoms with E-state index < -0.39 is 5.97 Å². The van der Waals surface area contributed by atoms with Crippen molar-refractivity contribution in [2.75, 3.05) is 0 Å². The summed E-state index contributed by atoms with van der Waals surface area (Å²) in [6.07, 6.45) is 3.97. The zero-order valence-electron chi connectivity index (χ0n) is 10.9. The number of hydrogen-bond donors (Lipinski definition) is 1. The Morgan fingerprint density at radius 2 is 2.20 bits per heavy atom. The Bertz CT molecular complexity index is 774. The number of aromatic carboxylic acids is 1. The van der Waals surface area contributed by atoms with Crippen molar-refractivity contribution in [1.82, 2.24) is 24.3 Å². The second kappa shape index (κ2) is 4.76. The summed E-state index contributed by atoms with van der Waals surface area (Å²) >= 11 is 0. The van der Waals surface area contributed by atoms with Crippen molar-refractivity contribution < 1.29 is 9.90 Å². The van der Waals surface area contributed by atoms with Gasteiger partial charge in [-0.1, -0.05) is 6.07 Å². The van der Waals surface area contributed by atoms with Crippen molar-refractivity contribution in [1.29, 1.82) is 0 Å². The summed E-state index contributed by atoms with van der Waals surface area (Å²) in [7, 11) is 1.88. The first kappa shape index (κ1) is 12.3. The molecule has 3 rings (SSSR count). The van der Waals surface area contributed by atoms with E-state index in [1.54, 1.807) is 30.9 Å². The first-order chi connectivity index (χ1) is 9.66. The fourth-order valence-electron chi connectivity index (χ4n) is 2.22. The Labute approximate surface area is 114 Å². The number of fused-ring (bicyclic) bond motifs is 1. The molecule has 0 amide bonds. The summed E-state index contributed by atoms with van der Waals surface area (Å²) in [5.41, 5.74) is 1.59. The van der Waals surface area contributed by atoms with Crippen molar-refractivity contribution >= 4 is 17.0 Å². The van der Waals surface area contributed by atoms with Crippen LogP contribution in [0.5, 0.6) is 0 Å². The lowest BCUT2D eigenvalue weighted by Crippen LogP contribution is -2.07. The molecule has 0 atom stereocenters. The van der Waals surface area contributed by atoms with Crippen LogP contribution in [0, 0.1) is 0 Å². The third-order valence-corrected chi connectivity index (χ3v) is 3.25. The van der Waals surface area contributed by atoms with Gasteiger partial charge in [-0.05, 0) is 12.1 Å². The molecular weight excluding hydrogens is 258 g/mol. The number of rotatable bonds is 4. The second-order valence-corrected chi connectivity index (χ2v) is 4.52. The zero-order valence-corrected chi connectivity index (χ0v) is 10.9. The van der Waals surface area contributed by atoms with Crippen molar-refractivity contribution in [2.24, 2.45) is 7.05 Å². The summed E-state index contributed by atoms with van der Waals surface area (Å²) in [5, 5.41) is 17.1. The van der Waals surface area contributed by atoms with Crippen LogP contribution in [0.25, 0.3) is 11.0 Å². The first-order valence-electron chi connectivity index (χ1n) is 6.17. The van der Waals surface area contributed by atoms with Crippen molar-refractivity contribution in [2.45, 2.75) is 13.0 Å². The predicted molar refractivity (Wildman–Crippen MR) is 71.4 cm³/mol. The number of carbonyl (C=O) groups is 1. The minimum absolute atomic E-state index is 0.262. The van der Waals surface area contributed by atoms with Gasteiger partial charge in [0.05, 0.1) is 22.9 Å². The lowest BCUT2D eigenvalue weighted by Gasteiger charge is -2.06. The highest BCUT2D eigenvalue weighted by atomic mass is 16.4. The standard InChI is InChI=1S/C13H13N5O2/c1-17-8-15-16-11(17)5-6-18-7-14-10-4-2-3-9(12(10)18)13(19)20/h2-4,7-8H,5-6H2,1H3,(H,19,20). The molecule has 0 spiro atoms. The molecule has 0 unspecified atom stereocenters. The third-order valence-electron chi connectivity index (χ3n) is 3.25. The number of benzene rings is 1. The van der Waals surface area contributed by atoms with Gasteiger partial charge in [0, 0.05) is 20.0 Å². The van der Waals surface area contributed by atoms with Crippen LogP contribution in [0.2, 0.25) is 0 Å². The highest BCUT2D eigenvalue weighted by Gasteiger charge is 2.13. The van der Waals surface area contributed by atoms with E-state index in [1.807, 2.05) is 16.2 Å². The molecule has 7 nitrogen and oxygen atoms in total. The Balaban J connectivity index is 1.96. The molecule has 0 radical (unpaired) electrons. The van der Waals surface area contributed by atoms with Gasteiger partial charge < -0.3 is 14.2 Å². The molecule has 0 aliphatic carbocycles. The molecule has 102 valence electrons. The lowest BCUT2D eigenvalue weighted by molar-refractivity contribution is 0.0698. The Morgan fingerprint density at radius 1 is 1.35 bits per heavy atom. The van der Waals surface area contributed by atoms with E-state index in [4.69, 9.17) is 0 Å². The first-order valence-corrected chi connectivity index (χ1v) is 6.17. The number of carboxylic acids is 1. The average molecular weight is 271 g/mol. The normalized spacial score (nSPS) is 11.1. The maximum Gasteiger partial charge on any atom is 0.337 e. The van der Waals surface area contributed by atoms with E-state index in [-0.39, 0.29) is 5.56 Å². The number of aryl methyl sites for hydroxylation is 3. The Kier molecular flexibility index (Phi) is 2.94. The Hall–Kier alpha value is -2.70. The van der Waals surface area contributed by atoms with Crippen LogP contribution in [0.15, 0.2) is 30.9 Å². The number of imidazole rings is 1. The number of carboxylic acid groups (broad SMARTS) is 1. The number of para-hydroxylation sites is 1. The van der Waals surface area contributed by atoms with Crippen LogP contribution in [0.3, 0.4) is 0 Å². The molecule has 2 heterocycles. The largest absolute Gasteiger partial charge is 0.478 e. The molecule has 0 saturated heterocycles. The lowest BCUT2D eigenvalue weighted by atomic mass is 10.2. The smallest absolute Gasteiger partial charge is 0.337 e. The van der Waals surface area contributed by atoms with E-state index >= 15 is 0 Å². The molecule has 20 heavy (non-hydrogen) atoms. The van der Waals surface area contributed by atoms with Crippen LogP contribution < -0.4 is 0 Å². The van der Waals surface area contributed by atoms with E-state index in [0.29, 0.717) is 24.0 Å². The molecule has 1 N–H and O–H groups in total. The monoisotopic (exact) mass is 271 g/mol. The molecule has 0 fully saturated rings. The van der Waals surface area contributed by atoms with Crippen molar-refractivity contribution in [3.05, 3.63) is 42.2 Å². The molecule has 0 bridgehead atoms. The topological polar surface area (TPSA) is 85.8 Å². The fraction of sp³-hybridized carbons (Fsp3) is 0.231. The minimum Gasteiger partial charge on any atom is -0.478 e. The van der Waals surface area contributed by atoms with Crippen LogP contribution >= 0.6 is 0 Å². The van der Waals surface area contributed by atoms with E-state index in [2.05, 4.69) is 15.2 Å². The summed E-state index contributed by atoms with van der Waals surface area (Å²) in [6.45, 7) is 0.604. The van der Waals surface area contributed by atoms with Gasteiger partial charge in [-0.15, -0.1) is 10.2 Å². The molecule has 7 heteroatoms. The number of hydrogen-bond acceptors (Lipinski definition) is 4. The SMILES string of the molecule is Cn1cnnc1CCn1cnc2cccc(C(=O)O)c21. The van der Waals surface area contributed by atoms with Gasteiger partial charge in [-0.3, -0.25) is 0 Å². The average Bonchev–Trinajstić information content (AvgIpc) is 3.02. The van der Waals surface area contributed by atoms with Gasteiger partial charge >= 0.3 is 5.97 Å². The third kappa shape index (κ3) is 2.03. The second-order valence-electron chi connectivity index (χ2n) is 4.52. The van der Waals surface area contributed by atoms with Crippen molar-refractivity contribution in [3.63, 3.8) is 0 Å². The summed E-state index contributed by atoms with van der Waals surface area (Å²) in [6, 6.07) is 5.09. The summed E-state index contributed by atoms with van der Waals surface area (Å²) < 4.78 is 3.69. The van der Waals surface area contributed by atoms with E-state index in [1.165, 1.54) is 0 Å². The molecule has 0 saturated carbocycles. The fourth-order valence-corrected chi connectivity index (χ4v) is 2.22. The highest BCUT2D eigenvalue weighted by molar-refractivity contribution is 6.01. The molecule has 0 aliphatic heterocycles. The van der Waals surface area contributed by atoms with Crippen LogP contribution in [0.4, 0.5) is 0 Å². The highest BCUT2D eigenvalue weighted by Crippen LogP contribution is 2.18. The van der Waals surface area contributed by atoms with Gasteiger partial charge in [0.2, 0.25) is 0 Å². The zero-order chi connectivity index (χ0) is 14.1. The van der Waals surface area contributed by atoms with Gasteiger partial charge in [-0.25, -0.2) is 9.78 Å². The van der Waals surface area contributed by atoms with Crippen LogP contribution in [-0.2, 0) is 20.0 Å². The van der Waals surface area contributed by atoms with E-state index in [0.717, 1.165) is 5.82 Å². The predicted octanol–water partition coefficient (Wildman–Crippen LogP) is 1.11. The molecule has 1 aromatic carbocycles. The van der Waals surface area contributed by atoms with E-state index in [9.17, 15) is 9.90 Å². The van der Waals surface area contributed by atoms with Crippen LogP contribution in [0.1, 0.15) is 16.2 Å². The minimum atomic E-state index is -0.948. The number of nitrogens with zero attached hydrogens (tertiary/aromatic N) is 5. The van der Waals surface area contributed by atoms with Gasteiger partial charge in [0.25, 0.3) is 0 Å². The molecular formula is C13H13N5O2. The number of aromatic nitrogens is 5. The molecule has 3 aromatic rings. The van der Waals surface area contributed by atoms with Crippen molar-refractivity contribution in [3.8, 4) is 0 Å².